The van der Waals surface area contributed by atoms with Crippen molar-refractivity contribution in [3.63, 3.8) is 0 Å². The number of nitrogens with two attached hydrogens (primary N) is 1. The van der Waals surface area contributed by atoms with Crippen LogP contribution in [0.4, 0.5) is 10.2 Å². The smallest absolute Gasteiger partial charge is 0.343 e. The average molecular weight is 275 g/mol. The van der Waals surface area contributed by atoms with Crippen molar-refractivity contribution >= 4 is 11.8 Å². The van der Waals surface area contributed by atoms with Gasteiger partial charge in [-0.25, -0.2) is 19.2 Å². The summed E-state index contributed by atoms with van der Waals surface area (Å²) in [6.07, 6.45) is 1.29. The molecule has 0 aliphatic heterocycles. The highest BCUT2D eigenvalue weighted by molar-refractivity contribution is 5.94. The van der Waals surface area contributed by atoms with E-state index in [2.05, 4.69) is 9.97 Å². The van der Waals surface area contributed by atoms with Crippen molar-refractivity contribution in [3.05, 3.63) is 41.3 Å². The molecule has 0 aliphatic carbocycles. The summed E-state index contributed by atoms with van der Waals surface area (Å²) in [5.74, 6) is -0.681. The van der Waals surface area contributed by atoms with Gasteiger partial charge in [0.25, 0.3) is 0 Å². The van der Waals surface area contributed by atoms with Gasteiger partial charge in [-0.05, 0) is 31.5 Å². The Kier molecular flexibility index (Phi) is 3.93. The van der Waals surface area contributed by atoms with Gasteiger partial charge in [0.1, 0.15) is 17.2 Å². The van der Waals surface area contributed by atoms with Gasteiger partial charge < -0.3 is 10.5 Å². The molecule has 104 valence electrons. The van der Waals surface area contributed by atoms with Crippen LogP contribution in [0.25, 0.3) is 11.4 Å². The zero-order valence-electron chi connectivity index (χ0n) is 11.2. The standard InChI is InChI=1S/C14H14FN3O2/c1-3-20-14(19)11-7-17-13(18-12(11)16)10-6-9(15)5-4-8(10)2/h4-7H,3H2,1-2H3,(H2,16,17,18). The molecular formula is C14H14FN3O2. The van der Waals surface area contributed by atoms with Crippen LogP contribution in [0.5, 0.6) is 0 Å². The van der Waals surface area contributed by atoms with Crippen LogP contribution >= 0.6 is 0 Å². The Hall–Kier alpha value is -2.50. The number of nitrogen functional groups attached to an aromatic ring is 1. The third-order valence-corrected chi connectivity index (χ3v) is 2.75. The molecule has 0 unspecified atom stereocenters. The highest BCUT2D eigenvalue weighted by Crippen LogP contribution is 2.22. The number of anilines is 1. The Morgan fingerprint density at radius 3 is 2.85 bits per heavy atom. The number of carbonyl (C=O) groups excluding carboxylic acids is 1. The van der Waals surface area contributed by atoms with Crippen LogP contribution in [0.3, 0.4) is 0 Å². The molecule has 1 aromatic carbocycles. The van der Waals surface area contributed by atoms with E-state index in [-0.39, 0.29) is 29.6 Å². The molecule has 0 amide bonds. The minimum atomic E-state index is -0.576. The molecule has 0 aliphatic rings. The van der Waals surface area contributed by atoms with Gasteiger partial charge in [0.05, 0.1) is 6.61 Å². The van der Waals surface area contributed by atoms with Crippen LogP contribution < -0.4 is 5.73 Å². The summed E-state index contributed by atoms with van der Waals surface area (Å²) in [5.41, 5.74) is 7.18. The Morgan fingerprint density at radius 2 is 2.20 bits per heavy atom. The van der Waals surface area contributed by atoms with E-state index in [1.165, 1.54) is 18.3 Å². The van der Waals surface area contributed by atoms with E-state index in [0.717, 1.165) is 5.56 Å². The van der Waals surface area contributed by atoms with Gasteiger partial charge in [0.15, 0.2) is 5.82 Å². The van der Waals surface area contributed by atoms with Crippen LogP contribution in [0.15, 0.2) is 24.4 Å². The van der Waals surface area contributed by atoms with Crippen molar-refractivity contribution in [2.75, 3.05) is 12.3 Å². The molecule has 0 radical (unpaired) electrons. The molecule has 2 aromatic rings. The number of halogens is 1. The van der Waals surface area contributed by atoms with Gasteiger partial charge in [-0.3, -0.25) is 0 Å². The summed E-state index contributed by atoms with van der Waals surface area (Å²) in [6.45, 7) is 3.75. The van der Waals surface area contributed by atoms with Gasteiger partial charge in [-0.15, -0.1) is 0 Å². The van der Waals surface area contributed by atoms with Gasteiger partial charge in [0.2, 0.25) is 0 Å². The van der Waals surface area contributed by atoms with Crippen molar-refractivity contribution in [1.82, 2.24) is 9.97 Å². The molecule has 6 heteroatoms. The SMILES string of the molecule is CCOC(=O)c1cnc(-c2cc(F)ccc2C)nc1N. The van der Waals surface area contributed by atoms with Crippen LogP contribution in [-0.4, -0.2) is 22.5 Å². The fourth-order valence-electron chi connectivity index (χ4n) is 1.73. The van der Waals surface area contributed by atoms with Crippen LogP contribution in [0, 0.1) is 12.7 Å². The van der Waals surface area contributed by atoms with Crippen molar-refractivity contribution in [3.8, 4) is 11.4 Å². The first-order valence-electron chi connectivity index (χ1n) is 6.09. The lowest BCUT2D eigenvalue weighted by molar-refractivity contribution is 0.0527. The lowest BCUT2D eigenvalue weighted by Gasteiger charge is -2.08. The number of ether oxygens (including phenoxy) is 1. The third kappa shape index (κ3) is 2.74. The fourth-order valence-corrected chi connectivity index (χ4v) is 1.73. The van der Waals surface area contributed by atoms with E-state index in [1.807, 2.05) is 6.92 Å². The number of esters is 1. The van der Waals surface area contributed by atoms with Crippen LogP contribution in [0.2, 0.25) is 0 Å². The molecule has 0 saturated heterocycles. The van der Waals surface area contributed by atoms with Crippen molar-refractivity contribution in [2.24, 2.45) is 0 Å². The number of aryl methyl sites for hydroxylation is 1. The molecule has 2 rings (SSSR count). The molecule has 5 nitrogen and oxygen atoms in total. The lowest BCUT2D eigenvalue weighted by atomic mass is 10.1. The largest absolute Gasteiger partial charge is 0.462 e. The summed E-state index contributed by atoms with van der Waals surface area (Å²) < 4.78 is 18.1. The summed E-state index contributed by atoms with van der Waals surface area (Å²) in [5, 5.41) is 0. The second-order valence-corrected chi connectivity index (χ2v) is 4.17. The zero-order valence-corrected chi connectivity index (χ0v) is 11.2. The molecule has 0 saturated carbocycles. The van der Waals surface area contributed by atoms with Crippen LogP contribution in [0.1, 0.15) is 22.8 Å². The van der Waals surface area contributed by atoms with Crippen molar-refractivity contribution in [1.29, 1.82) is 0 Å². The highest BCUT2D eigenvalue weighted by atomic mass is 19.1. The quantitative estimate of drug-likeness (QED) is 0.870. The third-order valence-electron chi connectivity index (χ3n) is 2.75. The summed E-state index contributed by atoms with van der Waals surface area (Å²) in [6, 6.07) is 4.31. The molecule has 1 aromatic heterocycles. The van der Waals surface area contributed by atoms with E-state index in [4.69, 9.17) is 10.5 Å². The normalized spacial score (nSPS) is 10.3. The molecule has 0 atom stereocenters. The Balaban J connectivity index is 2.43. The predicted molar refractivity (Wildman–Crippen MR) is 72.5 cm³/mol. The minimum absolute atomic E-state index is 0.0112. The second kappa shape index (κ2) is 5.64. The molecule has 2 N–H and O–H groups in total. The summed E-state index contributed by atoms with van der Waals surface area (Å²) in [4.78, 5) is 19.7. The molecule has 20 heavy (non-hydrogen) atoms. The molecule has 0 fully saturated rings. The van der Waals surface area contributed by atoms with Crippen LogP contribution in [-0.2, 0) is 4.74 Å². The van der Waals surface area contributed by atoms with E-state index in [1.54, 1.807) is 13.0 Å². The first-order chi connectivity index (χ1) is 9.52. The summed E-state index contributed by atoms with van der Waals surface area (Å²) >= 11 is 0. The molecular weight excluding hydrogens is 261 g/mol. The number of aromatic nitrogens is 2. The number of carbonyl (C=O) groups is 1. The fraction of sp³-hybridized carbons (Fsp3) is 0.214. The van der Waals surface area contributed by atoms with Gasteiger partial charge >= 0.3 is 5.97 Å². The maximum Gasteiger partial charge on any atom is 0.343 e. The topological polar surface area (TPSA) is 78.1 Å². The zero-order chi connectivity index (χ0) is 14.7. The van der Waals surface area contributed by atoms with E-state index in [0.29, 0.717) is 5.56 Å². The van der Waals surface area contributed by atoms with E-state index < -0.39 is 5.97 Å². The number of hydrogen-bond donors (Lipinski definition) is 1. The van der Waals surface area contributed by atoms with Crippen molar-refractivity contribution < 1.29 is 13.9 Å². The van der Waals surface area contributed by atoms with Gasteiger partial charge in [-0.1, -0.05) is 6.07 Å². The van der Waals surface area contributed by atoms with Crippen molar-refractivity contribution in [2.45, 2.75) is 13.8 Å². The first-order valence-corrected chi connectivity index (χ1v) is 6.09. The minimum Gasteiger partial charge on any atom is -0.462 e. The average Bonchev–Trinajstić information content (AvgIpc) is 2.41. The number of benzene rings is 1. The number of nitrogens with zero attached hydrogens (tertiary/aromatic N) is 2. The maximum absolute atomic E-state index is 13.3. The Labute approximate surface area is 115 Å². The lowest BCUT2D eigenvalue weighted by Crippen LogP contribution is -2.11. The maximum atomic E-state index is 13.3. The first kappa shape index (κ1) is 13.9. The van der Waals surface area contributed by atoms with Gasteiger partial charge in [-0.2, -0.15) is 0 Å². The summed E-state index contributed by atoms with van der Waals surface area (Å²) in [7, 11) is 0. The number of rotatable bonds is 3. The van der Waals surface area contributed by atoms with E-state index >= 15 is 0 Å². The molecule has 0 spiro atoms. The van der Waals surface area contributed by atoms with Gasteiger partial charge in [0, 0.05) is 11.8 Å². The molecule has 0 bridgehead atoms. The Morgan fingerprint density at radius 1 is 1.45 bits per heavy atom. The second-order valence-electron chi connectivity index (χ2n) is 4.17. The predicted octanol–water partition coefficient (Wildman–Crippen LogP) is 2.35. The van der Waals surface area contributed by atoms with E-state index in [9.17, 15) is 9.18 Å². The highest BCUT2D eigenvalue weighted by Gasteiger charge is 2.15. The Bertz CT molecular complexity index is 659. The molecule has 1 heterocycles. The number of hydrogen-bond acceptors (Lipinski definition) is 5. The monoisotopic (exact) mass is 275 g/mol.